The zero-order chi connectivity index (χ0) is 14.4. The van der Waals surface area contributed by atoms with E-state index < -0.39 is 0 Å². The number of benzene rings is 1. The predicted octanol–water partition coefficient (Wildman–Crippen LogP) is 0.461. The molecule has 0 aliphatic carbocycles. The number of nitrogens with one attached hydrogen (secondary N) is 1. The van der Waals surface area contributed by atoms with E-state index in [9.17, 15) is 4.79 Å². The van der Waals surface area contributed by atoms with E-state index in [1.807, 2.05) is 25.9 Å². The molecule has 1 aromatic rings. The van der Waals surface area contributed by atoms with Gasteiger partial charge in [0.15, 0.2) is 5.84 Å². The SMILES string of the molecule is CC(CN(C)C)NC(=O)c1ccc(/C(N)=N/O)cc1. The summed E-state index contributed by atoms with van der Waals surface area (Å²) in [5, 5.41) is 14.3. The topological polar surface area (TPSA) is 91.0 Å². The van der Waals surface area contributed by atoms with Gasteiger partial charge in [-0.1, -0.05) is 17.3 Å². The van der Waals surface area contributed by atoms with Crippen molar-refractivity contribution in [2.24, 2.45) is 10.9 Å². The number of rotatable bonds is 5. The molecule has 1 aromatic carbocycles. The van der Waals surface area contributed by atoms with E-state index in [-0.39, 0.29) is 17.8 Å². The molecule has 1 amide bonds. The van der Waals surface area contributed by atoms with Crippen molar-refractivity contribution in [2.75, 3.05) is 20.6 Å². The maximum Gasteiger partial charge on any atom is 0.251 e. The Morgan fingerprint density at radius 3 is 2.37 bits per heavy atom. The molecule has 4 N–H and O–H groups in total. The average molecular weight is 264 g/mol. The third-order valence-electron chi connectivity index (χ3n) is 2.57. The largest absolute Gasteiger partial charge is 0.409 e. The molecule has 0 aromatic heterocycles. The van der Waals surface area contributed by atoms with Crippen LogP contribution in [0.5, 0.6) is 0 Å². The van der Waals surface area contributed by atoms with E-state index >= 15 is 0 Å². The summed E-state index contributed by atoms with van der Waals surface area (Å²) in [6.45, 7) is 2.72. The Morgan fingerprint density at radius 2 is 1.89 bits per heavy atom. The molecule has 0 saturated carbocycles. The van der Waals surface area contributed by atoms with Gasteiger partial charge in [-0.15, -0.1) is 0 Å². The molecule has 6 heteroatoms. The Balaban J connectivity index is 2.68. The van der Waals surface area contributed by atoms with Crippen molar-refractivity contribution < 1.29 is 10.0 Å². The van der Waals surface area contributed by atoms with Crippen LogP contribution in [-0.2, 0) is 0 Å². The summed E-state index contributed by atoms with van der Waals surface area (Å²) < 4.78 is 0. The second kappa shape index (κ2) is 6.75. The summed E-state index contributed by atoms with van der Waals surface area (Å²) in [5.74, 6) is -0.117. The first-order valence-corrected chi connectivity index (χ1v) is 5.97. The Bertz CT molecular complexity index is 454. The van der Waals surface area contributed by atoms with Crippen LogP contribution < -0.4 is 11.1 Å². The van der Waals surface area contributed by atoms with Gasteiger partial charge in [-0.3, -0.25) is 4.79 Å². The Kier molecular flexibility index (Phi) is 5.32. The number of carbonyl (C=O) groups excluding carboxylic acids is 1. The number of amidine groups is 1. The zero-order valence-electron chi connectivity index (χ0n) is 11.4. The highest BCUT2D eigenvalue weighted by Crippen LogP contribution is 2.04. The van der Waals surface area contributed by atoms with Crippen molar-refractivity contribution in [3.63, 3.8) is 0 Å². The maximum absolute atomic E-state index is 11.9. The maximum atomic E-state index is 11.9. The molecular weight excluding hydrogens is 244 g/mol. The Morgan fingerprint density at radius 1 is 1.37 bits per heavy atom. The highest BCUT2D eigenvalue weighted by Gasteiger charge is 2.10. The minimum absolute atomic E-state index is 0.0212. The first-order chi connectivity index (χ1) is 8.93. The van der Waals surface area contributed by atoms with Crippen molar-refractivity contribution in [3.05, 3.63) is 35.4 Å². The number of hydrogen-bond acceptors (Lipinski definition) is 4. The van der Waals surface area contributed by atoms with Gasteiger partial charge >= 0.3 is 0 Å². The third kappa shape index (κ3) is 4.59. The molecule has 6 nitrogen and oxygen atoms in total. The van der Waals surface area contributed by atoms with Crippen LogP contribution in [0.2, 0.25) is 0 Å². The molecule has 19 heavy (non-hydrogen) atoms. The van der Waals surface area contributed by atoms with Crippen LogP contribution in [0.3, 0.4) is 0 Å². The van der Waals surface area contributed by atoms with E-state index in [1.165, 1.54) is 0 Å². The fraction of sp³-hybridized carbons (Fsp3) is 0.385. The van der Waals surface area contributed by atoms with Crippen LogP contribution in [0.1, 0.15) is 22.8 Å². The average Bonchev–Trinajstić information content (AvgIpc) is 2.36. The number of carbonyl (C=O) groups is 1. The summed E-state index contributed by atoms with van der Waals surface area (Å²) in [6, 6.07) is 6.63. The van der Waals surface area contributed by atoms with E-state index in [2.05, 4.69) is 10.5 Å². The first-order valence-electron chi connectivity index (χ1n) is 5.97. The van der Waals surface area contributed by atoms with Crippen LogP contribution in [0.4, 0.5) is 0 Å². The minimum Gasteiger partial charge on any atom is -0.409 e. The van der Waals surface area contributed by atoms with E-state index in [1.54, 1.807) is 24.3 Å². The van der Waals surface area contributed by atoms with Crippen LogP contribution in [0, 0.1) is 0 Å². The van der Waals surface area contributed by atoms with Crippen LogP contribution in [-0.4, -0.2) is 48.5 Å². The van der Waals surface area contributed by atoms with Crippen LogP contribution >= 0.6 is 0 Å². The molecule has 0 saturated heterocycles. The van der Waals surface area contributed by atoms with Crippen molar-refractivity contribution >= 4 is 11.7 Å². The lowest BCUT2D eigenvalue weighted by atomic mass is 10.1. The summed E-state index contributed by atoms with van der Waals surface area (Å²) in [6.07, 6.45) is 0. The molecule has 0 radical (unpaired) electrons. The minimum atomic E-state index is -0.139. The summed E-state index contributed by atoms with van der Waals surface area (Å²) in [5.41, 5.74) is 6.56. The number of nitrogens with two attached hydrogens (primary N) is 1. The zero-order valence-corrected chi connectivity index (χ0v) is 11.4. The predicted molar refractivity (Wildman–Crippen MR) is 74.4 cm³/mol. The summed E-state index contributed by atoms with van der Waals surface area (Å²) in [4.78, 5) is 14.0. The highest BCUT2D eigenvalue weighted by atomic mass is 16.4. The molecule has 0 heterocycles. The fourth-order valence-electron chi connectivity index (χ4n) is 1.75. The normalized spacial score (nSPS) is 13.4. The summed E-state index contributed by atoms with van der Waals surface area (Å²) >= 11 is 0. The number of hydrogen-bond donors (Lipinski definition) is 3. The molecular formula is C13H20N4O2. The summed E-state index contributed by atoms with van der Waals surface area (Å²) in [7, 11) is 3.91. The highest BCUT2D eigenvalue weighted by molar-refractivity contribution is 5.99. The van der Waals surface area contributed by atoms with Gasteiger partial charge in [0.25, 0.3) is 5.91 Å². The Labute approximate surface area is 112 Å². The van der Waals surface area contributed by atoms with Gasteiger partial charge in [0, 0.05) is 23.7 Å². The number of oxime groups is 1. The fourth-order valence-corrected chi connectivity index (χ4v) is 1.75. The smallest absolute Gasteiger partial charge is 0.251 e. The van der Waals surface area contributed by atoms with E-state index in [4.69, 9.17) is 10.9 Å². The van der Waals surface area contributed by atoms with Gasteiger partial charge in [-0.2, -0.15) is 0 Å². The molecule has 0 spiro atoms. The second-order valence-corrected chi connectivity index (χ2v) is 4.70. The lowest BCUT2D eigenvalue weighted by Crippen LogP contribution is -2.39. The third-order valence-corrected chi connectivity index (χ3v) is 2.57. The Hall–Kier alpha value is -2.08. The van der Waals surface area contributed by atoms with Crippen LogP contribution in [0.25, 0.3) is 0 Å². The molecule has 0 bridgehead atoms. The van der Waals surface area contributed by atoms with Gasteiger partial charge in [0.2, 0.25) is 0 Å². The second-order valence-electron chi connectivity index (χ2n) is 4.70. The molecule has 1 unspecified atom stereocenters. The van der Waals surface area contributed by atoms with Crippen molar-refractivity contribution in [2.45, 2.75) is 13.0 Å². The van der Waals surface area contributed by atoms with Crippen LogP contribution in [0.15, 0.2) is 29.4 Å². The van der Waals surface area contributed by atoms with Gasteiger partial charge < -0.3 is 21.2 Å². The van der Waals surface area contributed by atoms with Crippen molar-refractivity contribution in [3.8, 4) is 0 Å². The lowest BCUT2D eigenvalue weighted by Gasteiger charge is -2.18. The molecule has 0 aliphatic heterocycles. The monoisotopic (exact) mass is 264 g/mol. The van der Waals surface area contributed by atoms with E-state index in [0.29, 0.717) is 11.1 Å². The standard InChI is InChI=1S/C13H20N4O2/c1-9(8-17(2)3)15-13(18)11-6-4-10(5-7-11)12(14)16-19/h4-7,9,19H,8H2,1-3H3,(H2,14,16)(H,15,18). The number of likely N-dealkylation sites (N-methyl/N-ethyl adjacent to an activating group) is 1. The van der Waals surface area contributed by atoms with Crippen molar-refractivity contribution in [1.82, 2.24) is 10.2 Å². The quantitative estimate of drug-likeness (QED) is 0.312. The molecule has 1 rings (SSSR count). The van der Waals surface area contributed by atoms with Gasteiger partial charge in [-0.25, -0.2) is 0 Å². The van der Waals surface area contributed by atoms with Gasteiger partial charge in [-0.05, 0) is 33.2 Å². The van der Waals surface area contributed by atoms with Gasteiger partial charge in [0.05, 0.1) is 0 Å². The number of amides is 1. The van der Waals surface area contributed by atoms with Gasteiger partial charge in [0.1, 0.15) is 0 Å². The van der Waals surface area contributed by atoms with E-state index in [0.717, 1.165) is 6.54 Å². The number of nitrogens with zero attached hydrogens (tertiary/aromatic N) is 2. The molecule has 0 fully saturated rings. The van der Waals surface area contributed by atoms with Crippen molar-refractivity contribution in [1.29, 1.82) is 0 Å². The first kappa shape index (κ1) is 15.0. The molecule has 104 valence electrons. The molecule has 0 aliphatic rings. The molecule has 1 atom stereocenters. The lowest BCUT2D eigenvalue weighted by molar-refractivity contribution is 0.0934.